The molecule has 0 saturated heterocycles. The Morgan fingerprint density at radius 1 is 0.727 bits per heavy atom. The van der Waals surface area contributed by atoms with Gasteiger partial charge in [-0.25, -0.2) is 9.36 Å². The maximum absolute atomic E-state index is 12.7. The summed E-state index contributed by atoms with van der Waals surface area (Å²) in [6.07, 6.45) is 0. The summed E-state index contributed by atoms with van der Waals surface area (Å²) in [6.45, 7) is 0. The smallest absolute Gasteiger partial charge is 0.306 e. The Morgan fingerprint density at radius 3 is 2.27 bits per heavy atom. The van der Waals surface area contributed by atoms with Crippen LogP contribution in [0.2, 0.25) is 0 Å². The lowest BCUT2D eigenvalue weighted by Gasteiger charge is -2.09. The molecule has 0 saturated carbocycles. The van der Waals surface area contributed by atoms with E-state index < -0.39 is 5.69 Å². The molecule has 1 aromatic heterocycles. The summed E-state index contributed by atoms with van der Waals surface area (Å²) in [7, 11) is 0. The van der Waals surface area contributed by atoms with E-state index in [1.165, 1.54) is 4.57 Å². The molecule has 0 spiro atoms. The van der Waals surface area contributed by atoms with Gasteiger partial charge >= 0.3 is 5.69 Å². The molecule has 0 bridgehead atoms. The molecule has 0 unspecified atom stereocenters. The van der Waals surface area contributed by atoms with Crippen molar-refractivity contribution >= 4 is 21.7 Å². The number of benzene rings is 3. The van der Waals surface area contributed by atoms with Gasteiger partial charge in [0.25, 0.3) is 5.56 Å². The third kappa shape index (κ3) is 1.78. The van der Waals surface area contributed by atoms with E-state index in [0.717, 1.165) is 10.8 Å². The molecule has 0 aliphatic carbocycles. The van der Waals surface area contributed by atoms with Crippen molar-refractivity contribution < 1.29 is 0 Å². The number of hydrogen-bond acceptors (Lipinski definition) is 2. The van der Waals surface area contributed by atoms with Crippen LogP contribution in [-0.2, 0) is 0 Å². The quantitative estimate of drug-likeness (QED) is 0.585. The normalized spacial score (nSPS) is 11.1. The van der Waals surface area contributed by atoms with Crippen LogP contribution in [0.1, 0.15) is 0 Å². The zero-order valence-electron chi connectivity index (χ0n) is 11.6. The molecule has 0 atom stereocenters. The number of H-pyrrole nitrogens is 1. The lowest BCUT2D eigenvalue weighted by atomic mass is 10.1. The number of aromatic amines is 1. The summed E-state index contributed by atoms with van der Waals surface area (Å²) in [6, 6.07) is 20.3. The Balaban J connectivity index is 2.18. The molecule has 106 valence electrons. The van der Waals surface area contributed by atoms with Crippen molar-refractivity contribution in [1.29, 1.82) is 0 Å². The van der Waals surface area contributed by atoms with Crippen LogP contribution in [0.25, 0.3) is 27.4 Å². The Kier molecular flexibility index (Phi) is 2.69. The molecule has 0 aliphatic rings. The second-order valence-electron chi connectivity index (χ2n) is 5.11. The maximum Gasteiger partial charge on any atom is 0.333 e. The van der Waals surface area contributed by atoms with Gasteiger partial charge in [0, 0.05) is 5.39 Å². The summed E-state index contributed by atoms with van der Waals surface area (Å²) in [5.74, 6) is 0. The number of para-hydroxylation sites is 1. The Morgan fingerprint density at radius 2 is 1.41 bits per heavy atom. The number of hydrogen-bond donors (Lipinski definition) is 1. The first kappa shape index (κ1) is 12.6. The van der Waals surface area contributed by atoms with Gasteiger partial charge in [0.15, 0.2) is 0 Å². The van der Waals surface area contributed by atoms with Crippen LogP contribution in [-0.4, -0.2) is 9.55 Å². The Bertz CT molecular complexity index is 1120. The molecule has 4 heteroatoms. The second-order valence-corrected chi connectivity index (χ2v) is 5.11. The first-order chi connectivity index (χ1) is 10.8. The van der Waals surface area contributed by atoms with E-state index in [9.17, 15) is 9.59 Å². The van der Waals surface area contributed by atoms with Crippen molar-refractivity contribution in [3.63, 3.8) is 0 Å². The van der Waals surface area contributed by atoms with E-state index in [1.54, 1.807) is 30.3 Å². The second kappa shape index (κ2) is 4.70. The third-order valence-electron chi connectivity index (χ3n) is 3.81. The van der Waals surface area contributed by atoms with Crippen LogP contribution in [0.5, 0.6) is 0 Å². The van der Waals surface area contributed by atoms with Gasteiger partial charge in [0.2, 0.25) is 0 Å². The average molecular weight is 288 g/mol. The van der Waals surface area contributed by atoms with Gasteiger partial charge < -0.3 is 4.98 Å². The fourth-order valence-electron chi connectivity index (χ4n) is 2.78. The van der Waals surface area contributed by atoms with E-state index in [4.69, 9.17) is 0 Å². The summed E-state index contributed by atoms with van der Waals surface area (Å²) in [5.41, 5.74) is 0.403. The van der Waals surface area contributed by atoms with Crippen LogP contribution in [0, 0.1) is 0 Å². The number of nitrogens with zero attached hydrogens (tertiary/aromatic N) is 1. The van der Waals surface area contributed by atoms with Crippen LogP contribution >= 0.6 is 0 Å². The maximum atomic E-state index is 12.7. The van der Waals surface area contributed by atoms with Gasteiger partial charge in [-0.2, -0.15) is 0 Å². The number of aromatic nitrogens is 2. The minimum absolute atomic E-state index is 0.310. The van der Waals surface area contributed by atoms with Crippen LogP contribution in [0.15, 0.2) is 76.3 Å². The summed E-state index contributed by atoms with van der Waals surface area (Å²) >= 11 is 0. The van der Waals surface area contributed by atoms with Gasteiger partial charge in [-0.15, -0.1) is 0 Å². The molecule has 0 radical (unpaired) electrons. The van der Waals surface area contributed by atoms with Gasteiger partial charge in [-0.05, 0) is 23.6 Å². The van der Waals surface area contributed by atoms with Crippen LogP contribution in [0.3, 0.4) is 0 Å². The number of rotatable bonds is 1. The average Bonchev–Trinajstić information content (AvgIpc) is 2.55. The van der Waals surface area contributed by atoms with Crippen molar-refractivity contribution in [3.8, 4) is 5.69 Å². The first-order valence-corrected chi connectivity index (χ1v) is 6.98. The van der Waals surface area contributed by atoms with Gasteiger partial charge in [0.1, 0.15) is 0 Å². The fraction of sp³-hybridized carbons (Fsp3) is 0. The van der Waals surface area contributed by atoms with Gasteiger partial charge in [-0.1, -0.05) is 48.5 Å². The third-order valence-corrected chi connectivity index (χ3v) is 3.81. The summed E-state index contributed by atoms with van der Waals surface area (Å²) in [4.78, 5) is 27.9. The van der Waals surface area contributed by atoms with E-state index in [0.29, 0.717) is 16.6 Å². The summed E-state index contributed by atoms with van der Waals surface area (Å²) < 4.78 is 1.20. The molecule has 0 fully saturated rings. The van der Waals surface area contributed by atoms with Crippen molar-refractivity contribution in [3.05, 3.63) is 87.6 Å². The predicted octanol–water partition coefficient (Wildman–Crippen LogP) is 2.83. The number of nitrogens with one attached hydrogen (secondary N) is 1. The van der Waals surface area contributed by atoms with E-state index >= 15 is 0 Å². The van der Waals surface area contributed by atoms with Crippen LogP contribution < -0.4 is 11.2 Å². The highest BCUT2D eigenvalue weighted by atomic mass is 16.2. The molecule has 3 aromatic carbocycles. The molecule has 0 amide bonds. The minimum atomic E-state index is -0.431. The minimum Gasteiger partial charge on any atom is -0.306 e. The highest BCUT2D eigenvalue weighted by Crippen LogP contribution is 2.20. The molecule has 1 N–H and O–H groups in total. The van der Waals surface area contributed by atoms with Gasteiger partial charge in [0.05, 0.1) is 16.6 Å². The lowest BCUT2D eigenvalue weighted by Crippen LogP contribution is -2.33. The first-order valence-electron chi connectivity index (χ1n) is 6.98. The van der Waals surface area contributed by atoms with Gasteiger partial charge in [-0.3, -0.25) is 4.79 Å². The molecule has 4 nitrogen and oxygen atoms in total. The fourth-order valence-corrected chi connectivity index (χ4v) is 2.78. The van der Waals surface area contributed by atoms with Crippen molar-refractivity contribution in [2.75, 3.05) is 0 Å². The van der Waals surface area contributed by atoms with E-state index in [-0.39, 0.29) is 5.56 Å². The highest BCUT2D eigenvalue weighted by molar-refractivity contribution is 5.90. The van der Waals surface area contributed by atoms with E-state index in [2.05, 4.69) is 4.98 Å². The molecule has 1 heterocycles. The highest BCUT2D eigenvalue weighted by Gasteiger charge is 2.11. The molecule has 22 heavy (non-hydrogen) atoms. The molecule has 4 aromatic rings. The zero-order valence-corrected chi connectivity index (χ0v) is 11.6. The monoisotopic (exact) mass is 288 g/mol. The Labute approximate surface area is 125 Å². The molecule has 4 rings (SSSR count). The van der Waals surface area contributed by atoms with Crippen LogP contribution in [0.4, 0.5) is 0 Å². The topological polar surface area (TPSA) is 54.9 Å². The molecule has 0 aliphatic heterocycles. The SMILES string of the molecule is O=c1[nH]c2ccccc2c(=O)n1-c1cccc2ccccc12. The summed E-state index contributed by atoms with van der Waals surface area (Å²) in [5, 5.41) is 2.35. The van der Waals surface area contributed by atoms with Crippen molar-refractivity contribution in [2.45, 2.75) is 0 Å². The largest absolute Gasteiger partial charge is 0.333 e. The van der Waals surface area contributed by atoms with E-state index in [1.807, 2.05) is 36.4 Å². The standard InChI is InChI=1S/C18H12N2O2/c21-17-14-9-3-4-10-15(14)19-18(22)20(17)16-11-5-7-12-6-1-2-8-13(12)16/h1-11H,(H,19,22). The number of fused-ring (bicyclic) bond motifs is 2. The predicted molar refractivity (Wildman–Crippen MR) is 87.7 cm³/mol. The Hall–Kier alpha value is -3.14. The van der Waals surface area contributed by atoms with Crippen molar-refractivity contribution in [1.82, 2.24) is 9.55 Å². The molecular formula is C18H12N2O2. The molecular weight excluding hydrogens is 276 g/mol. The zero-order chi connectivity index (χ0) is 15.1. The lowest BCUT2D eigenvalue weighted by molar-refractivity contribution is 0.908. The van der Waals surface area contributed by atoms with Crippen molar-refractivity contribution in [2.24, 2.45) is 0 Å².